The Balaban J connectivity index is 1.50. The third-order valence-electron chi connectivity index (χ3n) is 4.82. The van der Waals surface area contributed by atoms with Crippen LogP contribution in [0.25, 0.3) is 0 Å². The highest BCUT2D eigenvalue weighted by Crippen LogP contribution is 2.22. The molecule has 1 aromatic rings. The molecular formula is C18H24N2O4. The fourth-order valence-electron chi connectivity index (χ4n) is 3.23. The third-order valence-corrected chi connectivity index (χ3v) is 4.82. The van der Waals surface area contributed by atoms with Crippen molar-refractivity contribution in [1.82, 2.24) is 10.2 Å². The standard InChI is InChI=1S/C18H24N2O4/c21-16-10-15(12-20(16)11-14-4-2-1-3-5-14)17(22)19-13-18(23)6-8-24-9-7-18/h1-5,15,23H,6-13H2,(H,19,22). The van der Waals surface area contributed by atoms with Gasteiger partial charge >= 0.3 is 0 Å². The predicted molar refractivity (Wildman–Crippen MR) is 88.0 cm³/mol. The molecule has 24 heavy (non-hydrogen) atoms. The maximum Gasteiger partial charge on any atom is 0.225 e. The van der Waals surface area contributed by atoms with Gasteiger partial charge in [-0.1, -0.05) is 30.3 Å². The van der Waals surface area contributed by atoms with Gasteiger partial charge in [0, 0.05) is 52.1 Å². The fraction of sp³-hybridized carbons (Fsp3) is 0.556. The smallest absolute Gasteiger partial charge is 0.225 e. The number of nitrogens with one attached hydrogen (secondary N) is 1. The van der Waals surface area contributed by atoms with Crippen molar-refractivity contribution in [3.05, 3.63) is 35.9 Å². The molecular weight excluding hydrogens is 308 g/mol. The monoisotopic (exact) mass is 332 g/mol. The lowest BCUT2D eigenvalue weighted by atomic mass is 9.94. The molecule has 2 aliphatic rings. The van der Waals surface area contributed by atoms with Crippen LogP contribution in [0.15, 0.2) is 30.3 Å². The van der Waals surface area contributed by atoms with E-state index < -0.39 is 5.60 Å². The van der Waals surface area contributed by atoms with E-state index >= 15 is 0 Å². The largest absolute Gasteiger partial charge is 0.388 e. The molecule has 0 bridgehead atoms. The molecule has 2 N–H and O–H groups in total. The fourth-order valence-corrected chi connectivity index (χ4v) is 3.23. The van der Waals surface area contributed by atoms with Crippen LogP contribution in [0.4, 0.5) is 0 Å². The molecule has 130 valence electrons. The van der Waals surface area contributed by atoms with Gasteiger partial charge in [0.05, 0.1) is 11.5 Å². The van der Waals surface area contributed by atoms with E-state index in [1.165, 1.54) is 0 Å². The summed E-state index contributed by atoms with van der Waals surface area (Å²) in [6, 6.07) is 9.76. The molecule has 1 atom stereocenters. The van der Waals surface area contributed by atoms with Crippen LogP contribution in [-0.2, 0) is 20.9 Å². The van der Waals surface area contributed by atoms with Crippen LogP contribution in [0.2, 0.25) is 0 Å². The van der Waals surface area contributed by atoms with Gasteiger partial charge < -0.3 is 20.1 Å². The van der Waals surface area contributed by atoms with Crippen LogP contribution in [-0.4, -0.2) is 53.7 Å². The van der Waals surface area contributed by atoms with Crippen LogP contribution < -0.4 is 5.32 Å². The van der Waals surface area contributed by atoms with Crippen molar-refractivity contribution in [2.75, 3.05) is 26.3 Å². The Labute approximate surface area is 141 Å². The molecule has 2 aliphatic heterocycles. The minimum atomic E-state index is -0.889. The van der Waals surface area contributed by atoms with Gasteiger partial charge in [0.25, 0.3) is 0 Å². The van der Waals surface area contributed by atoms with Gasteiger partial charge in [-0.3, -0.25) is 9.59 Å². The summed E-state index contributed by atoms with van der Waals surface area (Å²) < 4.78 is 5.23. The first kappa shape index (κ1) is 16.9. The predicted octanol–water partition coefficient (Wildman–Crippen LogP) is 0.693. The number of likely N-dealkylation sites (tertiary alicyclic amines) is 1. The molecule has 1 aromatic carbocycles. The van der Waals surface area contributed by atoms with Crippen molar-refractivity contribution in [2.24, 2.45) is 5.92 Å². The van der Waals surface area contributed by atoms with Gasteiger partial charge in [0.1, 0.15) is 0 Å². The van der Waals surface area contributed by atoms with Gasteiger partial charge in [0.2, 0.25) is 11.8 Å². The molecule has 6 nitrogen and oxygen atoms in total. The molecule has 2 amide bonds. The number of carbonyl (C=O) groups excluding carboxylic acids is 2. The van der Waals surface area contributed by atoms with E-state index in [1.54, 1.807) is 4.90 Å². The van der Waals surface area contributed by atoms with E-state index in [1.807, 2.05) is 30.3 Å². The molecule has 0 aliphatic carbocycles. The molecule has 0 aromatic heterocycles. The van der Waals surface area contributed by atoms with Crippen molar-refractivity contribution < 1.29 is 19.4 Å². The zero-order valence-electron chi connectivity index (χ0n) is 13.7. The molecule has 1 unspecified atom stereocenters. The Bertz CT molecular complexity index is 584. The second kappa shape index (κ2) is 7.32. The Kier molecular flexibility index (Phi) is 5.16. The summed E-state index contributed by atoms with van der Waals surface area (Å²) in [4.78, 5) is 26.2. The molecule has 0 spiro atoms. The van der Waals surface area contributed by atoms with Gasteiger partial charge in [0.15, 0.2) is 0 Å². The maximum absolute atomic E-state index is 12.3. The molecule has 2 heterocycles. The second-order valence-corrected chi connectivity index (χ2v) is 6.72. The van der Waals surface area contributed by atoms with E-state index in [4.69, 9.17) is 4.74 Å². The van der Waals surface area contributed by atoms with E-state index in [0.717, 1.165) is 5.56 Å². The van der Waals surface area contributed by atoms with Crippen LogP contribution in [0.1, 0.15) is 24.8 Å². The van der Waals surface area contributed by atoms with Crippen LogP contribution in [0.5, 0.6) is 0 Å². The number of hydrogen-bond donors (Lipinski definition) is 2. The van der Waals surface area contributed by atoms with Gasteiger partial charge in [-0.05, 0) is 5.56 Å². The van der Waals surface area contributed by atoms with Crippen molar-refractivity contribution in [1.29, 1.82) is 0 Å². The number of ether oxygens (including phenoxy) is 1. The average molecular weight is 332 g/mol. The highest BCUT2D eigenvalue weighted by molar-refractivity contribution is 5.89. The van der Waals surface area contributed by atoms with Crippen LogP contribution >= 0.6 is 0 Å². The molecule has 0 radical (unpaired) electrons. The quantitative estimate of drug-likeness (QED) is 0.832. The lowest BCUT2D eigenvalue weighted by Gasteiger charge is -2.32. The summed E-state index contributed by atoms with van der Waals surface area (Å²) >= 11 is 0. The highest BCUT2D eigenvalue weighted by Gasteiger charge is 2.36. The summed E-state index contributed by atoms with van der Waals surface area (Å²) in [5.41, 5.74) is 0.170. The first-order valence-electron chi connectivity index (χ1n) is 8.45. The lowest BCUT2D eigenvalue weighted by molar-refractivity contribution is -0.130. The number of nitrogens with zero attached hydrogens (tertiary/aromatic N) is 1. The van der Waals surface area contributed by atoms with Gasteiger partial charge in [-0.2, -0.15) is 0 Å². The summed E-state index contributed by atoms with van der Waals surface area (Å²) in [6.45, 7) is 2.21. The summed E-state index contributed by atoms with van der Waals surface area (Å²) in [6.07, 6.45) is 1.29. The van der Waals surface area contributed by atoms with Gasteiger partial charge in [-0.15, -0.1) is 0 Å². The van der Waals surface area contributed by atoms with E-state index in [-0.39, 0.29) is 30.7 Å². The number of benzene rings is 1. The third kappa shape index (κ3) is 4.13. The zero-order valence-corrected chi connectivity index (χ0v) is 13.7. The summed E-state index contributed by atoms with van der Waals surface area (Å²) in [5, 5.41) is 13.2. The lowest BCUT2D eigenvalue weighted by Crippen LogP contribution is -2.48. The topological polar surface area (TPSA) is 78.9 Å². The van der Waals surface area contributed by atoms with Crippen molar-refractivity contribution in [3.8, 4) is 0 Å². The molecule has 6 heteroatoms. The van der Waals surface area contributed by atoms with Crippen LogP contribution in [0, 0.1) is 5.92 Å². The minimum Gasteiger partial charge on any atom is -0.388 e. The minimum absolute atomic E-state index is 0.00350. The van der Waals surface area contributed by atoms with Crippen LogP contribution in [0.3, 0.4) is 0 Å². The Morgan fingerprint density at radius 2 is 2.00 bits per heavy atom. The van der Waals surface area contributed by atoms with Crippen molar-refractivity contribution in [2.45, 2.75) is 31.4 Å². The SMILES string of the molecule is O=C(NCC1(O)CCOCC1)C1CC(=O)N(Cc2ccccc2)C1. The van der Waals surface area contributed by atoms with Crippen molar-refractivity contribution in [3.63, 3.8) is 0 Å². The number of rotatable bonds is 5. The Hall–Kier alpha value is -1.92. The first-order valence-corrected chi connectivity index (χ1v) is 8.45. The highest BCUT2D eigenvalue weighted by atomic mass is 16.5. The Morgan fingerprint density at radius 1 is 1.29 bits per heavy atom. The van der Waals surface area contributed by atoms with Gasteiger partial charge in [-0.25, -0.2) is 0 Å². The molecule has 2 fully saturated rings. The van der Waals surface area contributed by atoms with E-state index in [9.17, 15) is 14.7 Å². The zero-order chi connectivity index (χ0) is 17.0. The summed E-state index contributed by atoms with van der Waals surface area (Å²) in [7, 11) is 0. The average Bonchev–Trinajstić information content (AvgIpc) is 2.95. The number of hydrogen-bond acceptors (Lipinski definition) is 4. The second-order valence-electron chi connectivity index (χ2n) is 6.72. The first-order chi connectivity index (χ1) is 11.6. The number of aliphatic hydroxyl groups is 1. The number of carbonyl (C=O) groups is 2. The molecule has 3 rings (SSSR count). The Morgan fingerprint density at radius 3 is 2.71 bits per heavy atom. The normalized spacial score (nSPS) is 23.3. The van der Waals surface area contributed by atoms with E-state index in [2.05, 4.69) is 5.32 Å². The molecule has 2 saturated heterocycles. The number of amides is 2. The molecule has 0 saturated carbocycles. The van der Waals surface area contributed by atoms with E-state index in [0.29, 0.717) is 39.1 Å². The summed E-state index contributed by atoms with van der Waals surface area (Å²) in [5.74, 6) is -0.493. The maximum atomic E-state index is 12.3. The van der Waals surface area contributed by atoms with Crippen molar-refractivity contribution >= 4 is 11.8 Å².